The molecular weight excluding hydrogens is 373 g/mol. The fraction of sp³-hybridized carbons (Fsp3) is 0.474. The van der Waals surface area contributed by atoms with Crippen LogP contribution >= 0.6 is 0 Å². The molecule has 0 aromatic carbocycles. The fourth-order valence-electron chi connectivity index (χ4n) is 3.27. The first-order chi connectivity index (χ1) is 13.3. The molecule has 3 rings (SSSR count). The Labute approximate surface area is 161 Å². The first kappa shape index (κ1) is 20.3. The van der Waals surface area contributed by atoms with E-state index in [2.05, 4.69) is 28.4 Å². The van der Waals surface area contributed by atoms with Crippen LogP contribution in [0.1, 0.15) is 18.5 Å². The van der Waals surface area contributed by atoms with Gasteiger partial charge in [-0.15, -0.1) is 0 Å². The first-order valence-electron chi connectivity index (χ1n) is 9.04. The van der Waals surface area contributed by atoms with Crippen LogP contribution in [0, 0.1) is 0 Å². The number of anilines is 1. The third-order valence-electron chi connectivity index (χ3n) is 4.78. The lowest BCUT2D eigenvalue weighted by Gasteiger charge is -2.44. The Morgan fingerprint density at radius 3 is 2.61 bits per heavy atom. The van der Waals surface area contributed by atoms with E-state index >= 15 is 0 Å². The van der Waals surface area contributed by atoms with Gasteiger partial charge in [0.15, 0.2) is 5.69 Å². The highest BCUT2D eigenvalue weighted by Crippen LogP contribution is 2.33. The van der Waals surface area contributed by atoms with E-state index in [-0.39, 0.29) is 23.2 Å². The van der Waals surface area contributed by atoms with Gasteiger partial charge in [0.1, 0.15) is 5.76 Å². The van der Waals surface area contributed by atoms with E-state index in [0.29, 0.717) is 32.5 Å². The monoisotopic (exact) mass is 396 g/mol. The quantitative estimate of drug-likeness (QED) is 0.610. The predicted octanol–water partition coefficient (Wildman–Crippen LogP) is 3.09. The van der Waals surface area contributed by atoms with Crippen LogP contribution in [0.2, 0.25) is 0 Å². The molecule has 6 nitrogen and oxygen atoms in total. The molecule has 2 saturated heterocycles. The number of nitrogens with one attached hydrogen (secondary N) is 1. The molecule has 2 aliphatic heterocycles. The molecule has 9 heteroatoms. The molecule has 0 radical (unpaired) electrons. The van der Waals surface area contributed by atoms with Crippen molar-refractivity contribution in [2.24, 2.45) is 0 Å². The van der Waals surface area contributed by atoms with Crippen molar-refractivity contribution in [3.8, 4) is 5.88 Å². The number of allylic oxidation sites excluding steroid dienone is 3. The second-order valence-corrected chi connectivity index (χ2v) is 6.70. The van der Waals surface area contributed by atoms with Gasteiger partial charge in [-0.3, -0.25) is 0 Å². The lowest BCUT2D eigenvalue weighted by atomic mass is 9.90. The Hall–Kier alpha value is -2.39. The molecule has 1 spiro atoms. The number of nitrogens with zero attached hydrogens (tertiary/aromatic N) is 3. The summed E-state index contributed by atoms with van der Waals surface area (Å²) in [5.41, 5.74) is -1.32. The van der Waals surface area contributed by atoms with Crippen LogP contribution in [-0.4, -0.2) is 48.4 Å². The van der Waals surface area contributed by atoms with Gasteiger partial charge in [0.2, 0.25) is 11.8 Å². The highest BCUT2D eigenvalue weighted by atomic mass is 19.4. The zero-order valence-corrected chi connectivity index (χ0v) is 15.5. The number of ether oxygens (including phenoxy) is 2. The molecule has 0 amide bonds. The van der Waals surface area contributed by atoms with Crippen LogP contribution < -0.4 is 15.0 Å². The number of hydrogen-bond acceptors (Lipinski definition) is 6. The summed E-state index contributed by atoms with van der Waals surface area (Å²) in [4.78, 5) is 9.65. The molecule has 28 heavy (non-hydrogen) atoms. The van der Waals surface area contributed by atoms with Gasteiger partial charge in [-0.25, -0.2) is 4.98 Å². The lowest BCUT2D eigenvalue weighted by Crippen LogP contribution is -2.55. The van der Waals surface area contributed by atoms with Gasteiger partial charge in [-0.05, 0) is 25.0 Å². The number of aromatic nitrogens is 2. The van der Waals surface area contributed by atoms with E-state index in [4.69, 9.17) is 9.47 Å². The van der Waals surface area contributed by atoms with Crippen LogP contribution in [0.4, 0.5) is 19.1 Å². The lowest BCUT2D eigenvalue weighted by molar-refractivity contribution is -0.141. The maximum Gasteiger partial charge on any atom is 0.433 e. The number of piperidine rings is 1. The molecule has 0 atom stereocenters. The van der Waals surface area contributed by atoms with E-state index in [0.717, 1.165) is 19.2 Å². The molecule has 152 valence electrons. The number of hydrogen-bond donors (Lipinski definition) is 1. The highest BCUT2D eigenvalue weighted by molar-refractivity contribution is 5.37. The molecule has 0 saturated carbocycles. The summed E-state index contributed by atoms with van der Waals surface area (Å²) in [5, 5.41) is 3.31. The van der Waals surface area contributed by atoms with Crippen molar-refractivity contribution in [1.82, 2.24) is 15.3 Å². The van der Waals surface area contributed by atoms with E-state index in [1.165, 1.54) is 18.2 Å². The highest BCUT2D eigenvalue weighted by Gasteiger charge is 2.39. The smallest absolute Gasteiger partial charge is 0.433 e. The van der Waals surface area contributed by atoms with E-state index in [1.54, 1.807) is 4.90 Å². The van der Waals surface area contributed by atoms with Gasteiger partial charge in [-0.1, -0.05) is 19.2 Å². The van der Waals surface area contributed by atoms with Crippen molar-refractivity contribution in [3.63, 3.8) is 0 Å². The maximum absolute atomic E-state index is 13.3. The molecule has 1 N–H and O–H groups in total. The number of rotatable bonds is 5. The molecule has 0 bridgehead atoms. The third-order valence-corrected chi connectivity index (χ3v) is 4.78. The Balaban J connectivity index is 1.83. The summed E-state index contributed by atoms with van der Waals surface area (Å²) in [6.07, 6.45) is 1.06. The molecule has 2 fully saturated rings. The Kier molecular flexibility index (Phi) is 6.04. The Morgan fingerprint density at radius 1 is 1.29 bits per heavy atom. The summed E-state index contributed by atoms with van der Waals surface area (Å²) in [6, 6.07) is 0.781. The van der Waals surface area contributed by atoms with Gasteiger partial charge >= 0.3 is 6.18 Å². The largest absolute Gasteiger partial charge is 0.439 e. The van der Waals surface area contributed by atoms with E-state index < -0.39 is 11.9 Å². The van der Waals surface area contributed by atoms with Gasteiger partial charge in [0.05, 0.1) is 12.2 Å². The SMILES string of the molecule is C=C/C=C(\C=C)Oc1cc(C(F)(F)F)nc(N2CCC3(CC2)CNCCO3)n1. The zero-order valence-electron chi connectivity index (χ0n) is 15.5. The number of alkyl halides is 3. The van der Waals surface area contributed by atoms with Crippen LogP contribution in [-0.2, 0) is 10.9 Å². The predicted molar refractivity (Wildman–Crippen MR) is 99.1 cm³/mol. The van der Waals surface area contributed by atoms with Crippen LogP contribution in [0.5, 0.6) is 5.88 Å². The Bertz CT molecular complexity index is 748. The third kappa shape index (κ3) is 4.71. The minimum atomic E-state index is -4.61. The van der Waals surface area contributed by atoms with Crippen molar-refractivity contribution < 1.29 is 22.6 Å². The Morgan fingerprint density at radius 2 is 2.04 bits per heavy atom. The van der Waals surface area contributed by atoms with Crippen LogP contribution in [0.25, 0.3) is 0 Å². The standard InChI is InChI=1S/C19H23F3N4O2/c1-3-5-14(4-2)28-16-12-15(19(20,21)22)24-17(25-16)26-9-6-18(7-10-26)13-23-8-11-27-18/h3-5,12,23H,1-2,6-11,13H2/b14-5+. The van der Waals surface area contributed by atoms with Crippen molar-refractivity contribution in [2.45, 2.75) is 24.6 Å². The minimum absolute atomic E-state index is 0.00883. The molecule has 1 aromatic heterocycles. The second-order valence-electron chi connectivity index (χ2n) is 6.70. The van der Waals surface area contributed by atoms with Crippen LogP contribution in [0.3, 0.4) is 0 Å². The topological polar surface area (TPSA) is 59.5 Å². The average molecular weight is 396 g/mol. The first-order valence-corrected chi connectivity index (χ1v) is 9.04. The number of morpholine rings is 1. The summed E-state index contributed by atoms with van der Waals surface area (Å²) in [6.45, 7) is 10.3. The van der Waals surface area contributed by atoms with E-state index in [9.17, 15) is 13.2 Å². The average Bonchev–Trinajstić information content (AvgIpc) is 2.68. The molecule has 1 aromatic rings. The number of halogens is 3. The van der Waals surface area contributed by atoms with Gasteiger partial charge in [0.25, 0.3) is 0 Å². The summed E-state index contributed by atoms with van der Waals surface area (Å²) < 4.78 is 51.3. The van der Waals surface area contributed by atoms with Crippen molar-refractivity contribution in [2.75, 3.05) is 37.7 Å². The van der Waals surface area contributed by atoms with Crippen LogP contribution in [0.15, 0.2) is 43.2 Å². The maximum atomic E-state index is 13.3. The zero-order chi connectivity index (χ0) is 20.2. The second kappa shape index (κ2) is 8.32. The molecule has 0 unspecified atom stereocenters. The van der Waals surface area contributed by atoms with E-state index in [1.807, 2.05) is 0 Å². The molecule has 0 aliphatic carbocycles. The van der Waals surface area contributed by atoms with Crippen molar-refractivity contribution in [3.05, 3.63) is 48.9 Å². The minimum Gasteiger partial charge on any atom is -0.439 e. The normalized spacial score (nSPS) is 20.1. The van der Waals surface area contributed by atoms with Gasteiger partial charge in [0, 0.05) is 32.2 Å². The van der Waals surface area contributed by atoms with Crippen molar-refractivity contribution in [1.29, 1.82) is 0 Å². The molecule has 3 heterocycles. The summed E-state index contributed by atoms with van der Waals surface area (Å²) >= 11 is 0. The summed E-state index contributed by atoms with van der Waals surface area (Å²) in [5.74, 6) is 0.0405. The van der Waals surface area contributed by atoms with Gasteiger partial charge < -0.3 is 19.7 Å². The van der Waals surface area contributed by atoms with Crippen molar-refractivity contribution >= 4 is 5.95 Å². The molecular formula is C19H23F3N4O2. The fourth-order valence-corrected chi connectivity index (χ4v) is 3.27. The summed E-state index contributed by atoms with van der Waals surface area (Å²) in [7, 11) is 0. The molecule has 2 aliphatic rings. The van der Waals surface area contributed by atoms with Gasteiger partial charge in [-0.2, -0.15) is 18.2 Å².